The minimum atomic E-state index is -0.108. The average Bonchev–Trinajstić information content (AvgIpc) is 2.26. The Hall–Kier alpha value is -1.51. The molecule has 1 aromatic rings. The van der Waals surface area contributed by atoms with Gasteiger partial charge in [0.25, 0.3) is 0 Å². The zero-order chi connectivity index (χ0) is 14.6. The van der Waals surface area contributed by atoms with E-state index in [1.54, 1.807) is 12.1 Å². The molecule has 0 fully saturated rings. The van der Waals surface area contributed by atoms with E-state index in [1.807, 2.05) is 6.07 Å². The average molecular weight is 263 g/mol. The summed E-state index contributed by atoms with van der Waals surface area (Å²) in [6, 6.07) is 5.32. The molecular weight excluding hydrogens is 238 g/mol. The van der Waals surface area contributed by atoms with Crippen LogP contribution in [0.4, 0.5) is 5.69 Å². The predicted molar refractivity (Wildman–Crippen MR) is 80.0 cm³/mol. The normalized spacial score (nSPS) is 11.1. The molecule has 3 nitrogen and oxygen atoms in total. The van der Waals surface area contributed by atoms with Crippen LogP contribution in [0, 0.1) is 11.8 Å². The number of ketones is 1. The molecule has 0 saturated carbocycles. The third-order valence-corrected chi connectivity index (χ3v) is 2.90. The van der Waals surface area contributed by atoms with E-state index in [4.69, 9.17) is 0 Å². The fourth-order valence-electron chi connectivity index (χ4n) is 2.18. The number of rotatable bonds is 6. The fourth-order valence-corrected chi connectivity index (χ4v) is 2.18. The zero-order valence-corrected chi connectivity index (χ0v) is 12.6. The summed E-state index contributed by atoms with van der Waals surface area (Å²) in [5.74, 6) is 1.06. The minimum absolute atomic E-state index is 0.0718. The van der Waals surface area contributed by atoms with Gasteiger partial charge >= 0.3 is 0 Å². The van der Waals surface area contributed by atoms with Crippen LogP contribution in [0.3, 0.4) is 0 Å². The lowest BCUT2D eigenvalue weighted by Gasteiger charge is -2.28. The molecule has 0 aromatic heterocycles. The van der Waals surface area contributed by atoms with Crippen molar-refractivity contribution < 1.29 is 9.90 Å². The molecule has 1 rings (SSSR count). The van der Waals surface area contributed by atoms with Crippen LogP contribution < -0.4 is 4.90 Å². The summed E-state index contributed by atoms with van der Waals surface area (Å²) in [7, 11) is 0. The molecule has 0 atom stereocenters. The second-order valence-corrected chi connectivity index (χ2v) is 5.95. The van der Waals surface area contributed by atoms with Gasteiger partial charge in [-0.2, -0.15) is 0 Å². The molecule has 0 amide bonds. The van der Waals surface area contributed by atoms with Crippen LogP contribution in [-0.4, -0.2) is 24.0 Å². The lowest BCUT2D eigenvalue weighted by atomic mass is 10.1. The van der Waals surface area contributed by atoms with Crippen LogP contribution in [0.25, 0.3) is 0 Å². The highest BCUT2D eigenvalue weighted by molar-refractivity contribution is 5.97. The summed E-state index contributed by atoms with van der Waals surface area (Å²) in [5, 5.41) is 9.93. The molecule has 0 spiro atoms. The maximum Gasteiger partial charge on any atom is 0.163 e. The Morgan fingerprint density at radius 1 is 1.16 bits per heavy atom. The van der Waals surface area contributed by atoms with E-state index >= 15 is 0 Å². The highest BCUT2D eigenvalue weighted by Gasteiger charge is 2.13. The van der Waals surface area contributed by atoms with E-state index in [0.717, 1.165) is 18.8 Å². The summed E-state index contributed by atoms with van der Waals surface area (Å²) in [5.41, 5.74) is 1.36. The van der Waals surface area contributed by atoms with Gasteiger partial charge in [0.05, 0.1) is 5.56 Å². The molecule has 19 heavy (non-hydrogen) atoms. The number of hydrogen-bond donors (Lipinski definition) is 1. The summed E-state index contributed by atoms with van der Waals surface area (Å²) in [4.78, 5) is 13.6. The molecule has 0 aliphatic rings. The van der Waals surface area contributed by atoms with E-state index in [9.17, 15) is 9.90 Å². The Kier molecular flexibility index (Phi) is 5.40. The topological polar surface area (TPSA) is 40.5 Å². The Bertz CT molecular complexity index is 428. The monoisotopic (exact) mass is 263 g/mol. The van der Waals surface area contributed by atoms with Crippen LogP contribution in [0.15, 0.2) is 18.2 Å². The first-order valence-corrected chi connectivity index (χ1v) is 6.90. The van der Waals surface area contributed by atoms with Crippen molar-refractivity contribution in [3.63, 3.8) is 0 Å². The van der Waals surface area contributed by atoms with Crippen molar-refractivity contribution in [1.29, 1.82) is 0 Å². The number of anilines is 1. The molecule has 3 heteroatoms. The van der Waals surface area contributed by atoms with E-state index in [0.29, 0.717) is 17.4 Å². The van der Waals surface area contributed by atoms with Gasteiger partial charge in [0.1, 0.15) is 5.75 Å². The number of Topliss-reactive ketones (excluding diaryl/α,β-unsaturated/α-hetero) is 1. The minimum Gasteiger partial charge on any atom is -0.507 e. The number of phenols is 1. The SMILES string of the molecule is CC(=O)c1ccc(N(CC(C)C)CC(C)C)cc1O. The van der Waals surface area contributed by atoms with E-state index in [1.165, 1.54) is 6.92 Å². The van der Waals surface area contributed by atoms with Gasteiger partial charge in [0.2, 0.25) is 0 Å². The van der Waals surface area contributed by atoms with Crippen molar-refractivity contribution in [3.05, 3.63) is 23.8 Å². The van der Waals surface area contributed by atoms with Crippen LogP contribution >= 0.6 is 0 Å². The number of carbonyl (C=O) groups is 1. The number of aromatic hydroxyl groups is 1. The van der Waals surface area contributed by atoms with Crippen molar-refractivity contribution >= 4 is 11.5 Å². The van der Waals surface area contributed by atoms with Crippen molar-refractivity contribution in [2.24, 2.45) is 11.8 Å². The molecule has 1 N–H and O–H groups in total. The number of phenolic OH excluding ortho intramolecular Hbond substituents is 1. The third-order valence-electron chi connectivity index (χ3n) is 2.90. The van der Waals surface area contributed by atoms with Crippen LogP contribution in [0.1, 0.15) is 45.0 Å². The molecule has 0 unspecified atom stereocenters. The van der Waals surface area contributed by atoms with Gasteiger partial charge < -0.3 is 10.0 Å². The zero-order valence-electron chi connectivity index (χ0n) is 12.6. The van der Waals surface area contributed by atoms with Gasteiger partial charge in [0, 0.05) is 24.8 Å². The smallest absolute Gasteiger partial charge is 0.163 e. The number of hydrogen-bond acceptors (Lipinski definition) is 3. The van der Waals surface area contributed by atoms with Crippen molar-refractivity contribution in [2.45, 2.75) is 34.6 Å². The summed E-state index contributed by atoms with van der Waals surface area (Å²) in [6.45, 7) is 12.1. The van der Waals surface area contributed by atoms with Crippen LogP contribution in [0.5, 0.6) is 5.75 Å². The fraction of sp³-hybridized carbons (Fsp3) is 0.562. The largest absolute Gasteiger partial charge is 0.507 e. The first kappa shape index (κ1) is 15.5. The molecule has 106 valence electrons. The van der Waals surface area contributed by atoms with Crippen LogP contribution in [-0.2, 0) is 0 Å². The quantitative estimate of drug-likeness (QED) is 0.795. The van der Waals surface area contributed by atoms with E-state index in [-0.39, 0.29) is 11.5 Å². The van der Waals surface area contributed by atoms with Gasteiger partial charge in [-0.25, -0.2) is 0 Å². The Morgan fingerprint density at radius 3 is 2.05 bits per heavy atom. The van der Waals surface area contributed by atoms with Crippen molar-refractivity contribution in [2.75, 3.05) is 18.0 Å². The second kappa shape index (κ2) is 6.60. The van der Waals surface area contributed by atoms with Gasteiger partial charge in [0.15, 0.2) is 5.78 Å². The van der Waals surface area contributed by atoms with Gasteiger partial charge in [-0.1, -0.05) is 27.7 Å². The molecule has 0 saturated heterocycles. The third kappa shape index (κ3) is 4.58. The number of nitrogens with zero attached hydrogens (tertiary/aromatic N) is 1. The lowest BCUT2D eigenvalue weighted by Crippen LogP contribution is -2.31. The lowest BCUT2D eigenvalue weighted by molar-refractivity contribution is 0.101. The maximum absolute atomic E-state index is 11.3. The molecule has 0 aliphatic carbocycles. The van der Waals surface area contributed by atoms with Crippen LogP contribution in [0.2, 0.25) is 0 Å². The molecule has 0 aliphatic heterocycles. The molecular formula is C16H25NO2. The van der Waals surface area contributed by atoms with Crippen molar-refractivity contribution in [3.8, 4) is 5.75 Å². The first-order chi connectivity index (χ1) is 8.81. The van der Waals surface area contributed by atoms with Crippen molar-refractivity contribution in [1.82, 2.24) is 0 Å². The number of carbonyl (C=O) groups excluding carboxylic acids is 1. The Morgan fingerprint density at radius 2 is 1.68 bits per heavy atom. The highest BCUT2D eigenvalue weighted by Crippen LogP contribution is 2.26. The van der Waals surface area contributed by atoms with E-state index < -0.39 is 0 Å². The van der Waals surface area contributed by atoms with E-state index in [2.05, 4.69) is 32.6 Å². The summed E-state index contributed by atoms with van der Waals surface area (Å²) in [6.07, 6.45) is 0. The highest BCUT2D eigenvalue weighted by atomic mass is 16.3. The number of benzene rings is 1. The summed E-state index contributed by atoms with van der Waals surface area (Å²) < 4.78 is 0. The first-order valence-electron chi connectivity index (χ1n) is 6.90. The van der Waals surface area contributed by atoms with Gasteiger partial charge in [-0.15, -0.1) is 0 Å². The predicted octanol–water partition coefficient (Wildman–Crippen LogP) is 3.71. The second-order valence-electron chi connectivity index (χ2n) is 5.95. The van der Waals surface area contributed by atoms with Gasteiger partial charge in [-0.05, 0) is 30.9 Å². The molecule has 0 radical (unpaired) electrons. The Labute approximate surface area is 116 Å². The summed E-state index contributed by atoms with van der Waals surface area (Å²) >= 11 is 0. The molecule has 0 bridgehead atoms. The molecule has 0 heterocycles. The molecule has 1 aromatic carbocycles. The maximum atomic E-state index is 11.3. The standard InChI is InChI=1S/C16H25NO2/c1-11(2)9-17(10-12(3)4)14-6-7-15(13(5)18)16(19)8-14/h6-8,11-12,19H,9-10H2,1-5H3. The van der Waals surface area contributed by atoms with Gasteiger partial charge in [-0.3, -0.25) is 4.79 Å². The Balaban J connectivity index is 3.02.